The Morgan fingerprint density at radius 1 is 1.22 bits per heavy atom. The number of aliphatic imine (C=N–C) groups is 1. The lowest BCUT2D eigenvalue weighted by molar-refractivity contribution is 0.102. The molecule has 0 bridgehead atoms. The number of aryl methyl sites for hydroxylation is 2. The molecule has 0 aliphatic carbocycles. The minimum Gasteiger partial charge on any atom is -0.354 e. The summed E-state index contributed by atoms with van der Waals surface area (Å²) in [5, 5.41) is 3.66. The summed E-state index contributed by atoms with van der Waals surface area (Å²) in [5.74, 6) is 1.21. The van der Waals surface area contributed by atoms with Crippen LogP contribution in [-0.4, -0.2) is 35.0 Å². The van der Waals surface area contributed by atoms with E-state index in [4.69, 9.17) is 4.99 Å². The SMILES string of the molecule is Cc1cccc(CC[C@H]2C[C@H]3CCC[C@H]4C[C@@H](C)NC(=N2)N34)c1. The maximum absolute atomic E-state index is 5.11. The van der Waals surface area contributed by atoms with Crippen molar-refractivity contribution in [1.82, 2.24) is 10.2 Å². The number of hydrogen-bond donors (Lipinski definition) is 1. The Morgan fingerprint density at radius 2 is 2.04 bits per heavy atom. The van der Waals surface area contributed by atoms with E-state index >= 15 is 0 Å². The Labute approximate surface area is 140 Å². The molecule has 3 aliphatic rings. The molecule has 1 N–H and O–H groups in total. The fourth-order valence-electron chi connectivity index (χ4n) is 4.76. The smallest absolute Gasteiger partial charge is 0.194 e. The molecule has 23 heavy (non-hydrogen) atoms. The van der Waals surface area contributed by atoms with Crippen molar-refractivity contribution in [2.24, 2.45) is 4.99 Å². The molecule has 0 spiro atoms. The number of benzene rings is 1. The predicted octanol–water partition coefficient (Wildman–Crippen LogP) is 3.66. The summed E-state index contributed by atoms with van der Waals surface area (Å²) in [6, 6.07) is 11.5. The van der Waals surface area contributed by atoms with Gasteiger partial charge in [-0.2, -0.15) is 0 Å². The molecule has 0 aromatic heterocycles. The van der Waals surface area contributed by atoms with Crippen molar-refractivity contribution in [1.29, 1.82) is 0 Å². The van der Waals surface area contributed by atoms with Gasteiger partial charge in [-0.1, -0.05) is 29.8 Å². The first-order valence-corrected chi connectivity index (χ1v) is 9.37. The van der Waals surface area contributed by atoms with Gasteiger partial charge in [-0.3, -0.25) is 0 Å². The molecule has 124 valence electrons. The van der Waals surface area contributed by atoms with Gasteiger partial charge >= 0.3 is 0 Å². The van der Waals surface area contributed by atoms with Crippen LogP contribution < -0.4 is 5.32 Å². The van der Waals surface area contributed by atoms with E-state index in [1.165, 1.54) is 55.6 Å². The maximum atomic E-state index is 5.11. The summed E-state index contributed by atoms with van der Waals surface area (Å²) in [6.07, 6.45) is 8.97. The van der Waals surface area contributed by atoms with Crippen molar-refractivity contribution in [2.45, 2.75) is 83.0 Å². The van der Waals surface area contributed by atoms with Crippen LogP contribution in [0.1, 0.15) is 56.6 Å². The van der Waals surface area contributed by atoms with E-state index in [2.05, 4.69) is 48.3 Å². The van der Waals surface area contributed by atoms with Crippen molar-refractivity contribution in [3.05, 3.63) is 35.4 Å². The van der Waals surface area contributed by atoms with Gasteiger partial charge in [-0.05, 0) is 64.4 Å². The zero-order valence-corrected chi connectivity index (χ0v) is 14.5. The van der Waals surface area contributed by atoms with E-state index < -0.39 is 0 Å². The number of nitrogens with zero attached hydrogens (tertiary/aromatic N) is 2. The second-order valence-corrected chi connectivity index (χ2v) is 7.80. The van der Waals surface area contributed by atoms with E-state index in [-0.39, 0.29) is 0 Å². The Kier molecular flexibility index (Phi) is 4.04. The Hall–Kier alpha value is -1.51. The highest BCUT2D eigenvalue weighted by atomic mass is 15.4. The zero-order valence-electron chi connectivity index (χ0n) is 14.5. The van der Waals surface area contributed by atoms with Crippen molar-refractivity contribution in [2.75, 3.05) is 0 Å². The molecule has 3 nitrogen and oxygen atoms in total. The van der Waals surface area contributed by atoms with Gasteiger partial charge in [0.15, 0.2) is 5.96 Å². The van der Waals surface area contributed by atoms with Crippen LogP contribution in [0, 0.1) is 6.92 Å². The highest BCUT2D eigenvalue weighted by Crippen LogP contribution is 2.34. The monoisotopic (exact) mass is 311 g/mol. The average Bonchev–Trinajstić information content (AvgIpc) is 2.53. The molecule has 1 aromatic carbocycles. The second kappa shape index (κ2) is 6.18. The fourth-order valence-corrected chi connectivity index (χ4v) is 4.76. The molecule has 0 amide bonds. The molecule has 2 fully saturated rings. The summed E-state index contributed by atoms with van der Waals surface area (Å²) in [6.45, 7) is 4.48. The number of guanidine groups is 1. The van der Waals surface area contributed by atoms with Crippen LogP contribution in [0.3, 0.4) is 0 Å². The summed E-state index contributed by atoms with van der Waals surface area (Å²) >= 11 is 0. The molecule has 4 rings (SSSR count). The molecule has 3 heterocycles. The summed E-state index contributed by atoms with van der Waals surface area (Å²) in [5.41, 5.74) is 2.82. The van der Waals surface area contributed by atoms with Crippen LogP contribution in [0.15, 0.2) is 29.3 Å². The third-order valence-electron chi connectivity index (χ3n) is 5.80. The molecule has 1 aromatic rings. The van der Waals surface area contributed by atoms with Gasteiger partial charge in [0, 0.05) is 18.1 Å². The van der Waals surface area contributed by atoms with Crippen molar-refractivity contribution >= 4 is 5.96 Å². The standard InChI is InChI=1S/C20H29N3/c1-14-5-3-6-16(11-14)9-10-17-13-19-8-4-7-18-12-15(2)21-20(22-17)23(18)19/h3,5-6,11,15,17-19H,4,7-10,12-13H2,1-2H3,(H,21,22)/t15-,17+,18+,19-/m1/s1. The Morgan fingerprint density at radius 3 is 2.87 bits per heavy atom. The first-order valence-electron chi connectivity index (χ1n) is 9.37. The molecule has 0 unspecified atom stereocenters. The van der Waals surface area contributed by atoms with Gasteiger partial charge in [0.1, 0.15) is 0 Å². The normalized spacial score (nSPS) is 32.8. The number of hydrogen-bond acceptors (Lipinski definition) is 3. The van der Waals surface area contributed by atoms with Crippen LogP contribution >= 0.6 is 0 Å². The lowest BCUT2D eigenvalue weighted by Crippen LogP contribution is -2.64. The number of rotatable bonds is 3. The minimum atomic E-state index is 0.489. The lowest BCUT2D eigenvalue weighted by atomic mass is 9.85. The lowest BCUT2D eigenvalue weighted by Gasteiger charge is -2.52. The van der Waals surface area contributed by atoms with Crippen LogP contribution in [-0.2, 0) is 6.42 Å². The summed E-state index contributed by atoms with van der Waals surface area (Å²) < 4.78 is 0. The average molecular weight is 311 g/mol. The quantitative estimate of drug-likeness (QED) is 0.922. The Balaban J connectivity index is 1.47. The zero-order chi connectivity index (χ0) is 15.8. The topological polar surface area (TPSA) is 27.6 Å². The van der Waals surface area contributed by atoms with Crippen LogP contribution in [0.5, 0.6) is 0 Å². The van der Waals surface area contributed by atoms with Gasteiger partial charge in [-0.25, -0.2) is 4.99 Å². The molecule has 2 saturated heterocycles. The third kappa shape index (κ3) is 3.11. The van der Waals surface area contributed by atoms with E-state index in [0.717, 1.165) is 18.5 Å². The van der Waals surface area contributed by atoms with Crippen LogP contribution in [0.25, 0.3) is 0 Å². The van der Waals surface area contributed by atoms with Crippen LogP contribution in [0.4, 0.5) is 0 Å². The maximum Gasteiger partial charge on any atom is 0.194 e. The predicted molar refractivity (Wildman–Crippen MR) is 95.8 cm³/mol. The highest BCUT2D eigenvalue weighted by molar-refractivity contribution is 5.82. The number of nitrogens with one attached hydrogen (secondary N) is 1. The highest BCUT2D eigenvalue weighted by Gasteiger charge is 2.40. The number of piperidine rings is 1. The molecular formula is C20H29N3. The molecule has 0 saturated carbocycles. The van der Waals surface area contributed by atoms with Gasteiger partial charge < -0.3 is 10.2 Å². The summed E-state index contributed by atoms with van der Waals surface area (Å²) in [7, 11) is 0. The minimum absolute atomic E-state index is 0.489. The first-order chi connectivity index (χ1) is 11.2. The largest absolute Gasteiger partial charge is 0.354 e. The molecular weight excluding hydrogens is 282 g/mol. The molecule has 3 aliphatic heterocycles. The van der Waals surface area contributed by atoms with Crippen molar-refractivity contribution < 1.29 is 0 Å². The van der Waals surface area contributed by atoms with Crippen molar-refractivity contribution in [3.63, 3.8) is 0 Å². The van der Waals surface area contributed by atoms with Gasteiger partial charge in [0.2, 0.25) is 0 Å². The van der Waals surface area contributed by atoms with E-state index in [1.807, 2.05) is 0 Å². The first kappa shape index (κ1) is 15.0. The van der Waals surface area contributed by atoms with E-state index in [9.17, 15) is 0 Å². The van der Waals surface area contributed by atoms with Gasteiger partial charge in [-0.15, -0.1) is 0 Å². The van der Waals surface area contributed by atoms with E-state index in [1.54, 1.807) is 0 Å². The Bertz CT molecular complexity index is 594. The third-order valence-corrected chi connectivity index (χ3v) is 5.80. The van der Waals surface area contributed by atoms with Crippen molar-refractivity contribution in [3.8, 4) is 0 Å². The summed E-state index contributed by atoms with van der Waals surface area (Å²) in [4.78, 5) is 7.74. The molecule has 3 heteroatoms. The van der Waals surface area contributed by atoms with Gasteiger partial charge in [0.25, 0.3) is 0 Å². The van der Waals surface area contributed by atoms with E-state index in [0.29, 0.717) is 12.1 Å². The van der Waals surface area contributed by atoms with Gasteiger partial charge in [0.05, 0.1) is 6.04 Å². The second-order valence-electron chi connectivity index (χ2n) is 7.80. The molecule has 0 radical (unpaired) electrons. The molecule has 4 atom stereocenters. The fraction of sp³-hybridized carbons (Fsp3) is 0.650. The van der Waals surface area contributed by atoms with Crippen LogP contribution in [0.2, 0.25) is 0 Å².